The monoisotopic (exact) mass is 812 g/mol. The Morgan fingerprint density at radius 1 is 0.750 bits per heavy atom. The number of imidazole rings is 4. The Morgan fingerprint density at radius 2 is 1.32 bits per heavy atom. The van der Waals surface area contributed by atoms with Crippen molar-refractivity contribution in [1.29, 1.82) is 0 Å². The predicted octanol–water partition coefficient (Wildman–Crippen LogP) is 4.06. The van der Waals surface area contributed by atoms with E-state index in [-0.39, 0.29) is 36.7 Å². The second-order valence-corrected chi connectivity index (χ2v) is 14.7. The van der Waals surface area contributed by atoms with Gasteiger partial charge in [-0.1, -0.05) is 24.0 Å². The summed E-state index contributed by atoms with van der Waals surface area (Å²) in [6.07, 6.45) is 10.2. The molecule has 4 atom stereocenters. The lowest BCUT2D eigenvalue weighted by Crippen LogP contribution is -2.49. The van der Waals surface area contributed by atoms with Gasteiger partial charge in [0.05, 0.1) is 61.9 Å². The molecule has 60 heavy (non-hydrogen) atoms. The molecule has 2 aliphatic heterocycles. The number of carbonyl (C=O) groups excluding carboxylic acids is 4. The predicted molar refractivity (Wildman–Crippen MR) is 217 cm³/mol. The maximum Gasteiger partial charge on any atom is 0.407 e. The number of fused-ring (bicyclic) bond motifs is 1. The highest BCUT2D eigenvalue weighted by Gasteiger charge is 2.38. The molecule has 0 saturated carbocycles. The lowest BCUT2D eigenvalue weighted by molar-refractivity contribution is -0.135. The molecule has 6 heterocycles. The van der Waals surface area contributed by atoms with Crippen LogP contribution in [0, 0.1) is 11.8 Å². The number of nitrogens with one attached hydrogen (secondary N) is 6. The lowest BCUT2D eigenvalue weighted by Gasteiger charge is -2.28. The van der Waals surface area contributed by atoms with Crippen LogP contribution in [0.1, 0.15) is 71.9 Å². The molecule has 18 heteroatoms. The van der Waals surface area contributed by atoms with Crippen molar-refractivity contribution < 1.29 is 28.7 Å². The van der Waals surface area contributed by atoms with Crippen molar-refractivity contribution in [3.05, 3.63) is 108 Å². The number of alkyl carbamates (subject to hydrolysis) is 2. The average Bonchev–Trinajstić information content (AvgIpc) is 4.12. The van der Waals surface area contributed by atoms with Crippen LogP contribution in [-0.4, -0.2) is 113 Å². The summed E-state index contributed by atoms with van der Waals surface area (Å²) in [4.78, 5) is 85.8. The first-order valence-electron chi connectivity index (χ1n) is 19.7. The minimum absolute atomic E-state index is 0.222. The standard InChI is InChI=1S/C42H44N12O6/c1-59-41(57)51-32(18-28-20-43-23-46-28)39(55)53-15-3-5-35(53)37-45-22-34(50-37)27-12-9-25(10-13-27)7-8-26-11-14-30-31(17-26)49-38(48-30)36-6-4-16-54(36)40(56)33(52-42(58)60-2)19-29-21-44-24-47-29/h9-14,17,20-24,32-33,35-36H,3-6,15-16,18-19H2,1-2H3,(H,43,46)(H,44,47)(H,45,50)(H,48,49)(H,51,57)(H,52,58)/t32-,33-,35-,36-/m0/s1. The van der Waals surface area contributed by atoms with E-state index in [1.165, 1.54) is 26.9 Å². The number of hydrogen-bond donors (Lipinski definition) is 6. The Kier molecular flexibility index (Phi) is 11.6. The Hall–Kier alpha value is -7.42. The van der Waals surface area contributed by atoms with Crippen LogP contribution < -0.4 is 10.6 Å². The van der Waals surface area contributed by atoms with Crippen LogP contribution in [0.25, 0.3) is 22.3 Å². The number of H-pyrrole nitrogens is 4. The number of aromatic nitrogens is 8. The van der Waals surface area contributed by atoms with Gasteiger partial charge in [0.2, 0.25) is 11.8 Å². The molecule has 18 nitrogen and oxygen atoms in total. The van der Waals surface area contributed by atoms with Crippen LogP contribution in [0.2, 0.25) is 0 Å². The maximum atomic E-state index is 13.8. The summed E-state index contributed by atoms with van der Waals surface area (Å²) in [5, 5.41) is 5.36. The van der Waals surface area contributed by atoms with E-state index < -0.39 is 24.3 Å². The lowest BCUT2D eigenvalue weighted by atomic mass is 10.1. The van der Waals surface area contributed by atoms with Crippen LogP contribution >= 0.6 is 0 Å². The average molecular weight is 813 g/mol. The van der Waals surface area contributed by atoms with Gasteiger partial charge >= 0.3 is 12.2 Å². The minimum atomic E-state index is -0.840. The molecule has 4 aromatic heterocycles. The fourth-order valence-corrected chi connectivity index (χ4v) is 7.86. The first-order valence-corrected chi connectivity index (χ1v) is 19.7. The van der Waals surface area contributed by atoms with Crippen molar-refractivity contribution >= 4 is 35.0 Å². The topological polar surface area (TPSA) is 232 Å². The van der Waals surface area contributed by atoms with Crippen LogP contribution in [0.15, 0.2) is 73.7 Å². The molecule has 6 N–H and O–H groups in total. The summed E-state index contributed by atoms with van der Waals surface area (Å²) in [6.45, 7) is 1.07. The molecule has 6 aromatic rings. The minimum Gasteiger partial charge on any atom is -0.453 e. The van der Waals surface area contributed by atoms with Crippen molar-refractivity contribution in [1.82, 2.24) is 60.3 Å². The van der Waals surface area contributed by atoms with Gasteiger partial charge in [0, 0.05) is 60.8 Å². The number of aromatic amines is 4. The molecule has 0 aliphatic carbocycles. The fraction of sp³-hybridized carbons (Fsp3) is 0.333. The maximum absolute atomic E-state index is 13.8. The highest BCUT2D eigenvalue weighted by Crippen LogP contribution is 2.34. The largest absolute Gasteiger partial charge is 0.453 e. The molecule has 0 unspecified atom stereocenters. The number of ether oxygens (including phenoxy) is 2. The highest BCUT2D eigenvalue weighted by atomic mass is 16.5. The second-order valence-electron chi connectivity index (χ2n) is 14.7. The zero-order valence-electron chi connectivity index (χ0n) is 33.0. The summed E-state index contributed by atoms with van der Waals surface area (Å²) in [6, 6.07) is 11.4. The first-order chi connectivity index (χ1) is 29.3. The summed E-state index contributed by atoms with van der Waals surface area (Å²) >= 11 is 0. The number of nitrogens with zero attached hydrogens (tertiary/aromatic N) is 6. The van der Waals surface area contributed by atoms with E-state index in [0.29, 0.717) is 36.1 Å². The molecule has 2 fully saturated rings. The van der Waals surface area contributed by atoms with Crippen LogP contribution in [-0.2, 0) is 31.9 Å². The van der Waals surface area contributed by atoms with Gasteiger partial charge in [-0.3, -0.25) is 9.59 Å². The number of methoxy groups -OCH3 is 2. The van der Waals surface area contributed by atoms with E-state index >= 15 is 0 Å². The van der Waals surface area contributed by atoms with Crippen LogP contribution in [0.5, 0.6) is 0 Å². The van der Waals surface area contributed by atoms with Crippen molar-refractivity contribution in [3.63, 3.8) is 0 Å². The molecule has 8 rings (SSSR count). The van der Waals surface area contributed by atoms with Gasteiger partial charge in [-0.2, -0.15) is 0 Å². The second kappa shape index (κ2) is 17.6. The molecular weight excluding hydrogens is 769 g/mol. The third-order valence-electron chi connectivity index (χ3n) is 10.9. The molecule has 4 amide bonds. The van der Waals surface area contributed by atoms with Crippen molar-refractivity contribution in [3.8, 4) is 23.1 Å². The van der Waals surface area contributed by atoms with Gasteiger partial charge in [-0.25, -0.2) is 29.5 Å². The zero-order valence-corrected chi connectivity index (χ0v) is 33.0. The summed E-state index contributed by atoms with van der Waals surface area (Å²) in [5.41, 5.74) is 6.34. The normalized spacial score (nSPS) is 17.2. The van der Waals surface area contributed by atoms with Crippen molar-refractivity contribution in [2.45, 2.75) is 62.7 Å². The smallest absolute Gasteiger partial charge is 0.407 e. The number of hydrogen-bond acceptors (Lipinski definition) is 10. The summed E-state index contributed by atoms with van der Waals surface area (Å²) in [5.74, 6) is 7.40. The Labute approximate surface area is 344 Å². The van der Waals surface area contributed by atoms with Crippen LogP contribution in [0.4, 0.5) is 9.59 Å². The van der Waals surface area contributed by atoms with E-state index in [1.807, 2.05) is 42.5 Å². The van der Waals surface area contributed by atoms with E-state index in [0.717, 1.165) is 59.1 Å². The first kappa shape index (κ1) is 39.4. The van der Waals surface area contributed by atoms with Gasteiger partial charge in [0.25, 0.3) is 0 Å². The Bertz CT molecular complexity index is 2520. The Balaban J connectivity index is 0.925. The molecule has 0 spiro atoms. The van der Waals surface area contributed by atoms with E-state index in [1.54, 1.807) is 28.4 Å². The highest BCUT2D eigenvalue weighted by molar-refractivity contribution is 5.87. The molecular formula is C42H44N12O6. The van der Waals surface area contributed by atoms with E-state index in [4.69, 9.17) is 14.5 Å². The molecule has 2 aliphatic rings. The third kappa shape index (κ3) is 8.70. The zero-order chi connectivity index (χ0) is 41.6. The van der Waals surface area contributed by atoms with Crippen molar-refractivity contribution in [2.24, 2.45) is 0 Å². The summed E-state index contributed by atoms with van der Waals surface area (Å²) < 4.78 is 9.59. The summed E-state index contributed by atoms with van der Waals surface area (Å²) in [7, 11) is 2.53. The number of benzene rings is 2. The molecule has 0 radical (unpaired) electrons. The van der Waals surface area contributed by atoms with Gasteiger partial charge in [0.15, 0.2) is 0 Å². The Morgan fingerprint density at radius 3 is 1.88 bits per heavy atom. The third-order valence-corrected chi connectivity index (χ3v) is 10.9. The number of likely N-dealkylation sites (tertiary alicyclic amines) is 2. The van der Waals surface area contributed by atoms with E-state index in [2.05, 4.69) is 57.4 Å². The van der Waals surface area contributed by atoms with Gasteiger partial charge in [-0.15, -0.1) is 0 Å². The van der Waals surface area contributed by atoms with Gasteiger partial charge in [0.1, 0.15) is 23.7 Å². The SMILES string of the molecule is COC(=O)N[C@@H](Cc1cnc[nH]1)C(=O)N1CCC[C@H]1c1ncc(-c2ccc(C#Cc3ccc4nc([C@@H]5CCCN5C(=O)[C@H](Cc5cnc[nH]5)NC(=O)OC)[nH]c4c3)cc2)[nH]1. The van der Waals surface area contributed by atoms with Crippen molar-refractivity contribution in [2.75, 3.05) is 27.3 Å². The molecule has 2 saturated heterocycles. The number of carbonyl (C=O) groups is 4. The fourth-order valence-electron chi connectivity index (χ4n) is 7.86. The molecule has 308 valence electrons. The van der Waals surface area contributed by atoms with E-state index in [9.17, 15) is 19.2 Å². The van der Waals surface area contributed by atoms with Crippen LogP contribution in [0.3, 0.4) is 0 Å². The number of amides is 4. The number of rotatable bonds is 11. The van der Waals surface area contributed by atoms with Gasteiger partial charge in [-0.05, 0) is 61.6 Å². The molecule has 2 aromatic carbocycles. The van der Waals surface area contributed by atoms with Gasteiger partial charge < -0.3 is 49.8 Å². The molecule has 0 bridgehead atoms. The quantitative estimate of drug-likeness (QED) is 0.103.